The van der Waals surface area contributed by atoms with Crippen molar-refractivity contribution in [3.8, 4) is 0 Å². The van der Waals surface area contributed by atoms with Crippen molar-refractivity contribution in [2.24, 2.45) is 0 Å². The first kappa shape index (κ1) is 10.7. The predicted octanol–water partition coefficient (Wildman–Crippen LogP) is 0.823. The highest BCUT2D eigenvalue weighted by molar-refractivity contribution is 6.28. The summed E-state index contributed by atoms with van der Waals surface area (Å²) in [5, 5.41) is 8.63. The Labute approximate surface area is 86.3 Å². The van der Waals surface area contributed by atoms with Crippen LogP contribution in [0.5, 0.6) is 0 Å². The molecule has 0 amide bonds. The average Bonchev–Trinajstić information content (AvgIpc) is 2.01. The Hall–Kier alpha value is -1.36. The van der Waals surface area contributed by atoms with Crippen LogP contribution in [0.25, 0.3) is 0 Å². The molecule has 0 fully saturated rings. The lowest BCUT2D eigenvalue weighted by Gasteiger charge is -2.11. The highest BCUT2D eigenvalue weighted by Gasteiger charge is 2.07. The summed E-state index contributed by atoms with van der Waals surface area (Å²) in [4.78, 5) is 19.9. The molecule has 1 heterocycles. The molecule has 0 radical (unpaired) electrons. The van der Waals surface area contributed by atoms with Crippen LogP contribution in [0.15, 0.2) is 6.07 Å². The number of aliphatic carboxylic acids is 1. The molecule has 1 N–H and O–H groups in total. The zero-order valence-corrected chi connectivity index (χ0v) is 8.62. The SMILES string of the molecule is CN(C)c1cc(CC(=O)O)nc(Cl)n1. The smallest absolute Gasteiger partial charge is 0.309 e. The molecule has 0 spiro atoms. The zero-order valence-electron chi connectivity index (χ0n) is 7.86. The summed E-state index contributed by atoms with van der Waals surface area (Å²) in [7, 11) is 3.59. The third-order valence-corrected chi connectivity index (χ3v) is 1.70. The maximum atomic E-state index is 10.4. The Morgan fingerprint density at radius 3 is 2.71 bits per heavy atom. The third kappa shape index (κ3) is 2.85. The van der Waals surface area contributed by atoms with Crippen molar-refractivity contribution in [2.75, 3.05) is 19.0 Å². The third-order valence-electron chi connectivity index (χ3n) is 1.53. The van der Waals surface area contributed by atoms with Gasteiger partial charge in [0.2, 0.25) is 5.28 Å². The van der Waals surface area contributed by atoms with Gasteiger partial charge in [0.25, 0.3) is 0 Å². The van der Waals surface area contributed by atoms with Crippen LogP contribution in [0, 0.1) is 0 Å². The average molecular weight is 216 g/mol. The lowest BCUT2D eigenvalue weighted by Crippen LogP contribution is -2.13. The van der Waals surface area contributed by atoms with Crippen molar-refractivity contribution < 1.29 is 9.90 Å². The van der Waals surface area contributed by atoms with Gasteiger partial charge < -0.3 is 10.0 Å². The molecule has 1 aromatic heterocycles. The van der Waals surface area contributed by atoms with Crippen LogP contribution in [0.1, 0.15) is 5.69 Å². The Bertz CT molecular complexity index is 354. The van der Waals surface area contributed by atoms with Crippen molar-refractivity contribution in [1.29, 1.82) is 0 Å². The lowest BCUT2D eigenvalue weighted by atomic mass is 10.3. The first-order chi connectivity index (χ1) is 6.49. The molecule has 0 saturated heterocycles. The van der Waals surface area contributed by atoms with Crippen molar-refractivity contribution in [2.45, 2.75) is 6.42 Å². The van der Waals surface area contributed by atoms with Gasteiger partial charge in [0.1, 0.15) is 5.82 Å². The second kappa shape index (κ2) is 4.23. The number of carboxylic acid groups (broad SMARTS) is 1. The molecule has 0 aliphatic carbocycles. The molecule has 1 rings (SSSR count). The first-order valence-electron chi connectivity index (χ1n) is 3.91. The van der Waals surface area contributed by atoms with E-state index in [1.54, 1.807) is 25.1 Å². The number of aromatic nitrogens is 2. The highest BCUT2D eigenvalue weighted by Crippen LogP contribution is 2.13. The number of hydrogen-bond donors (Lipinski definition) is 1. The largest absolute Gasteiger partial charge is 0.481 e. The fourth-order valence-electron chi connectivity index (χ4n) is 0.926. The van der Waals surface area contributed by atoms with E-state index in [-0.39, 0.29) is 11.7 Å². The van der Waals surface area contributed by atoms with Crippen LogP contribution >= 0.6 is 11.6 Å². The molecule has 0 bridgehead atoms. The normalized spacial score (nSPS) is 9.93. The van der Waals surface area contributed by atoms with Crippen LogP contribution in [0.2, 0.25) is 5.28 Å². The summed E-state index contributed by atoms with van der Waals surface area (Å²) < 4.78 is 0. The number of rotatable bonds is 3. The van der Waals surface area contributed by atoms with Gasteiger partial charge in [0, 0.05) is 20.2 Å². The Kier molecular flexibility index (Phi) is 3.24. The minimum atomic E-state index is -0.940. The second-order valence-corrected chi connectivity index (χ2v) is 3.29. The van der Waals surface area contributed by atoms with E-state index in [1.807, 2.05) is 0 Å². The topological polar surface area (TPSA) is 66.3 Å². The molecule has 0 unspecified atom stereocenters. The van der Waals surface area contributed by atoms with Gasteiger partial charge in [-0.15, -0.1) is 0 Å². The molecular weight excluding hydrogens is 206 g/mol. The van der Waals surface area contributed by atoms with Gasteiger partial charge in [-0.3, -0.25) is 4.79 Å². The van der Waals surface area contributed by atoms with E-state index in [1.165, 1.54) is 0 Å². The van der Waals surface area contributed by atoms with Crippen LogP contribution in [-0.2, 0) is 11.2 Å². The maximum absolute atomic E-state index is 10.4. The van der Waals surface area contributed by atoms with E-state index in [2.05, 4.69) is 9.97 Å². The molecular formula is C8H10ClN3O2. The van der Waals surface area contributed by atoms with Crippen molar-refractivity contribution in [3.63, 3.8) is 0 Å². The van der Waals surface area contributed by atoms with E-state index in [0.29, 0.717) is 11.5 Å². The molecule has 0 saturated carbocycles. The van der Waals surface area contributed by atoms with E-state index in [9.17, 15) is 4.79 Å². The van der Waals surface area contributed by atoms with Crippen LogP contribution < -0.4 is 4.90 Å². The van der Waals surface area contributed by atoms with Gasteiger partial charge in [-0.1, -0.05) is 0 Å². The monoisotopic (exact) mass is 215 g/mol. The maximum Gasteiger partial charge on any atom is 0.309 e. The zero-order chi connectivity index (χ0) is 10.7. The number of halogens is 1. The van der Waals surface area contributed by atoms with Gasteiger partial charge in [-0.2, -0.15) is 0 Å². The quantitative estimate of drug-likeness (QED) is 0.757. The Morgan fingerprint density at radius 1 is 1.57 bits per heavy atom. The van der Waals surface area contributed by atoms with Crippen molar-refractivity contribution in [1.82, 2.24) is 9.97 Å². The minimum Gasteiger partial charge on any atom is -0.481 e. The minimum absolute atomic E-state index is 0.0625. The molecule has 14 heavy (non-hydrogen) atoms. The number of anilines is 1. The fraction of sp³-hybridized carbons (Fsp3) is 0.375. The van der Waals surface area contributed by atoms with Gasteiger partial charge >= 0.3 is 5.97 Å². The molecule has 0 aliphatic rings. The van der Waals surface area contributed by atoms with Crippen LogP contribution in [0.3, 0.4) is 0 Å². The summed E-state index contributed by atoms with van der Waals surface area (Å²) >= 11 is 5.64. The van der Waals surface area contributed by atoms with Gasteiger partial charge in [0.15, 0.2) is 0 Å². The van der Waals surface area contributed by atoms with Gasteiger partial charge in [0.05, 0.1) is 12.1 Å². The summed E-state index contributed by atoms with van der Waals surface area (Å²) in [5.74, 6) is -0.342. The highest BCUT2D eigenvalue weighted by atomic mass is 35.5. The Balaban J connectivity index is 3.01. The lowest BCUT2D eigenvalue weighted by molar-refractivity contribution is -0.136. The molecule has 0 aliphatic heterocycles. The van der Waals surface area contributed by atoms with E-state index in [4.69, 9.17) is 16.7 Å². The van der Waals surface area contributed by atoms with Gasteiger partial charge in [-0.05, 0) is 11.6 Å². The van der Waals surface area contributed by atoms with Crippen LogP contribution in [0.4, 0.5) is 5.82 Å². The van der Waals surface area contributed by atoms with E-state index >= 15 is 0 Å². The number of carbonyl (C=O) groups is 1. The van der Waals surface area contributed by atoms with Gasteiger partial charge in [-0.25, -0.2) is 9.97 Å². The number of carboxylic acids is 1. The predicted molar refractivity (Wildman–Crippen MR) is 52.7 cm³/mol. The van der Waals surface area contributed by atoms with E-state index < -0.39 is 5.97 Å². The number of nitrogens with zero attached hydrogens (tertiary/aromatic N) is 3. The molecule has 0 aromatic carbocycles. The summed E-state index contributed by atoms with van der Waals surface area (Å²) in [6.07, 6.45) is -0.150. The molecule has 76 valence electrons. The summed E-state index contributed by atoms with van der Waals surface area (Å²) in [6, 6.07) is 1.60. The standard InChI is InChI=1S/C8H10ClN3O2/c1-12(2)6-3-5(4-7(13)14)10-8(9)11-6/h3H,4H2,1-2H3,(H,13,14). The Morgan fingerprint density at radius 2 is 2.21 bits per heavy atom. The van der Waals surface area contributed by atoms with Crippen molar-refractivity contribution in [3.05, 3.63) is 17.0 Å². The van der Waals surface area contributed by atoms with Crippen LogP contribution in [-0.4, -0.2) is 35.1 Å². The summed E-state index contributed by atoms with van der Waals surface area (Å²) in [6.45, 7) is 0. The molecule has 1 aromatic rings. The fourth-order valence-corrected chi connectivity index (χ4v) is 1.12. The van der Waals surface area contributed by atoms with Crippen molar-refractivity contribution >= 4 is 23.4 Å². The molecule has 5 nitrogen and oxygen atoms in total. The van der Waals surface area contributed by atoms with E-state index in [0.717, 1.165) is 0 Å². The second-order valence-electron chi connectivity index (χ2n) is 2.95. The molecule has 0 atom stereocenters. The summed E-state index contributed by atoms with van der Waals surface area (Å²) in [5.41, 5.74) is 0.404. The molecule has 6 heteroatoms. The number of hydrogen-bond acceptors (Lipinski definition) is 4. The first-order valence-corrected chi connectivity index (χ1v) is 4.29.